The quantitative estimate of drug-likeness (QED) is 0.278. The van der Waals surface area contributed by atoms with Gasteiger partial charge in [0.15, 0.2) is 5.78 Å². The molecule has 186 valence electrons. The van der Waals surface area contributed by atoms with E-state index in [1.807, 2.05) is 72.8 Å². The lowest BCUT2D eigenvalue weighted by atomic mass is 9.86. The number of Topliss-reactive ketones (excluding diaryl/α,β-unsaturated/α-hetero) is 1. The Morgan fingerprint density at radius 2 is 1.49 bits per heavy atom. The zero-order valence-corrected chi connectivity index (χ0v) is 21.9. The van der Waals surface area contributed by atoms with Crippen molar-refractivity contribution >= 4 is 35.3 Å². The van der Waals surface area contributed by atoms with Crippen molar-refractivity contribution < 1.29 is 24.2 Å². The summed E-state index contributed by atoms with van der Waals surface area (Å²) in [5.74, 6) is -0.643. The lowest BCUT2D eigenvalue weighted by molar-refractivity contribution is -0.137. The third-order valence-electron chi connectivity index (χ3n) is 6.29. The lowest BCUT2D eigenvalue weighted by Crippen LogP contribution is -2.17. The highest BCUT2D eigenvalue weighted by atomic mass is 32.2. The minimum atomic E-state index is -0.974. The first kappa shape index (κ1) is 25.0. The highest BCUT2D eigenvalue weighted by Crippen LogP contribution is 2.46. The van der Waals surface area contributed by atoms with E-state index in [9.17, 15) is 14.7 Å². The van der Waals surface area contributed by atoms with Crippen LogP contribution in [-0.4, -0.2) is 31.1 Å². The molecular formula is C30H24O5S2. The highest BCUT2D eigenvalue weighted by Gasteiger charge is 2.32. The number of aliphatic carboxylic acids is 1. The van der Waals surface area contributed by atoms with Gasteiger partial charge in [-0.3, -0.25) is 9.59 Å². The number of ketones is 1. The first-order chi connectivity index (χ1) is 18.0. The van der Waals surface area contributed by atoms with E-state index in [1.54, 1.807) is 26.4 Å². The third-order valence-corrected chi connectivity index (χ3v) is 8.67. The Labute approximate surface area is 223 Å². The van der Waals surface area contributed by atoms with Crippen LogP contribution >= 0.6 is 23.5 Å². The first-order valence-corrected chi connectivity index (χ1v) is 13.3. The number of carboxylic acids is 1. The van der Waals surface area contributed by atoms with Gasteiger partial charge in [-0.25, -0.2) is 0 Å². The Kier molecular flexibility index (Phi) is 7.26. The van der Waals surface area contributed by atoms with Crippen LogP contribution in [-0.2, 0) is 11.2 Å². The van der Waals surface area contributed by atoms with Crippen LogP contribution in [0.3, 0.4) is 0 Å². The van der Waals surface area contributed by atoms with Gasteiger partial charge in [-0.15, -0.1) is 0 Å². The van der Waals surface area contributed by atoms with Crippen molar-refractivity contribution in [2.45, 2.75) is 31.9 Å². The molecule has 1 unspecified atom stereocenters. The lowest BCUT2D eigenvalue weighted by Gasteiger charge is -2.21. The van der Waals surface area contributed by atoms with Gasteiger partial charge in [-0.05, 0) is 53.1 Å². The summed E-state index contributed by atoms with van der Waals surface area (Å²) in [5, 5.41) is 10.5. The van der Waals surface area contributed by atoms with Crippen molar-refractivity contribution in [3.8, 4) is 11.5 Å². The SMILES string of the molecule is COc1ccccc1Sc1ccccc1C(C(=O)O)c1cccc2c1CC(=O)c1cccc(OC)c1S2. The monoisotopic (exact) mass is 528 g/mol. The summed E-state index contributed by atoms with van der Waals surface area (Å²) in [5.41, 5.74) is 2.60. The van der Waals surface area contributed by atoms with Crippen LogP contribution in [0.25, 0.3) is 0 Å². The maximum atomic E-state index is 13.4. The summed E-state index contributed by atoms with van der Waals surface area (Å²) in [6, 6.07) is 26.2. The molecule has 37 heavy (non-hydrogen) atoms. The number of ether oxygens (including phenoxy) is 2. The molecule has 0 radical (unpaired) electrons. The highest BCUT2D eigenvalue weighted by molar-refractivity contribution is 7.99. The van der Waals surface area contributed by atoms with Gasteiger partial charge in [0.25, 0.3) is 0 Å². The molecular weight excluding hydrogens is 504 g/mol. The Morgan fingerprint density at radius 1 is 0.838 bits per heavy atom. The summed E-state index contributed by atoms with van der Waals surface area (Å²) < 4.78 is 11.0. The van der Waals surface area contributed by atoms with Crippen LogP contribution in [0, 0.1) is 0 Å². The van der Waals surface area contributed by atoms with E-state index in [0.29, 0.717) is 22.4 Å². The number of carbonyl (C=O) groups is 2. The number of carbonyl (C=O) groups excluding carboxylic acids is 1. The summed E-state index contributed by atoms with van der Waals surface area (Å²) in [4.78, 5) is 29.5. The molecule has 4 aromatic rings. The van der Waals surface area contributed by atoms with E-state index in [-0.39, 0.29) is 12.2 Å². The number of rotatable bonds is 7. The van der Waals surface area contributed by atoms with Crippen molar-refractivity contribution in [2.24, 2.45) is 0 Å². The van der Waals surface area contributed by atoms with Gasteiger partial charge in [-0.2, -0.15) is 0 Å². The molecule has 0 spiro atoms. The smallest absolute Gasteiger partial charge is 0.315 e. The largest absolute Gasteiger partial charge is 0.496 e. The van der Waals surface area contributed by atoms with Gasteiger partial charge in [0.2, 0.25) is 0 Å². The normalized spacial score (nSPS) is 13.2. The topological polar surface area (TPSA) is 72.8 Å². The first-order valence-electron chi connectivity index (χ1n) is 11.6. The Balaban J connectivity index is 1.62. The molecule has 1 heterocycles. The van der Waals surface area contributed by atoms with Crippen LogP contribution in [0.2, 0.25) is 0 Å². The molecule has 5 nitrogen and oxygen atoms in total. The number of benzene rings is 4. The molecule has 0 aromatic heterocycles. The second-order valence-electron chi connectivity index (χ2n) is 8.42. The van der Waals surface area contributed by atoms with Crippen LogP contribution < -0.4 is 9.47 Å². The number of fused-ring (bicyclic) bond motifs is 2. The summed E-state index contributed by atoms with van der Waals surface area (Å²) in [6.07, 6.45) is 0.115. The van der Waals surface area contributed by atoms with E-state index >= 15 is 0 Å². The van der Waals surface area contributed by atoms with Gasteiger partial charge in [0, 0.05) is 21.8 Å². The van der Waals surface area contributed by atoms with Crippen LogP contribution in [0.5, 0.6) is 11.5 Å². The van der Waals surface area contributed by atoms with Crippen molar-refractivity contribution in [1.29, 1.82) is 0 Å². The molecule has 0 saturated carbocycles. The predicted molar refractivity (Wildman–Crippen MR) is 145 cm³/mol. The fourth-order valence-electron chi connectivity index (χ4n) is 4.57. The average Bonchev–Trinajstić information content (AvgIpc) is 3.06. The number of methoxy groups -OCH3 is 2. The number of para-hydroxylation sites is 1. The maximum Gasteiger partial charge on any atom is 0.315 e. The Hall–Kier alpha value is -3.68. The molecule has 4 aromatic carbocycles. The maximum absolute atomic E-state index is 13.4. The van der Waals surface area contributed by atoms with Crippen LogP contribution in [0.4, 0.5) is 0 Å². The fourth-order valence-corrected chi connectivity index (χ4v) is 6.88. The summed E-state index contributed by atoms with van der Waals surface area (Å²) in [6.45, 7) is 0. The van der Waals surface area contributed by atoms with Crippen molar-refractivity contribution in [3.05, 3.63) is 107 Å². The van der Waals surface area contributed by atoms with Gasteiger partial charge >= 0.3 is 5.97 Å². The molecule has 1 aliphatic rings. The van der Waals surface area contributed by atoms with Gasteiger partial charge < -0.3 is 14.6 Å². The van der Waals surface area contributed by atoms with E-state index in [4.69, 9.17) is 9.47 Å². The summed E-state index contributed by atoms with van der Waals surface area (Å²) in [7, 11) is 3.20. The number of carboxylic acid groups (broad SMARTS) is 1. The molecule has 0 amide bonds. The Morgan fingerprint density at radius 3 is 2.24 bits per heavy atom. The van der Waals surface area contributed by atoms with Gasteiger partial charge in [0.05, 0.1) is 24.0 Å². The second kappa shape index (κ2) is 10.7. The zero-order valence-electron chi connectivity index (χ0n) is 20.3. The van der Waals surface area contributed by atoms with Gasteiger partial charge in [0.1, 0.15) is 17.4 Å². The summed E-state index contributed by atoms with van der Waals surface area (Å²) >= 11 is 2.91. The van der Waals surface area contributed by atoms with E-state index in [1.165, 1.54) is 23.5 Å². The molecule has 0 aliphatic carbocycles. The van der Waals surface area contributed by atoms with Crippen LogP contribution in [0.15, 0.2) is 105 Å². The molecule has 1 N–H and O–H groups in total. The third kappa shape index (κ3) is 4.84. The van der Waals surface area contributed by atoms with E-state index < -0.39 is 11.9 Å². The minimum absolute atomic E-state index is 0.0616. The molecule has 5 rings (SSSR count). The van der Waals surface area contributed by atoms with Crippen molar-refractivity contribution in [1.82, 2.24) is 0 Å². The minimum Gasteiger partial charge on any atom is -0.496 e. The molecule has 0 fully saturated rings. The molecule has 0 saturated heterocycles. The number of hydrogen-bond acceptors (Lipinski definition) is 6. The second-order valence-corrected chi connectivity index (χ2v) is 10.6. The molecule has 7 heteroatoms. The Bertz CT molecular complexity index is 1500. The fraction of sp³-hybridized carbons (Fsp3) is 0.133. The zero-order chi connectivity index (χ0) is 25.9. The van der Waals surface area contributed by atoms with Crippen molar-refractivity contribution in [2.75, 3.05) is 14.2 Å². The van der Waals surface area contributed by atoms with E-state index in [0.717, 1.165) is 30.9 Å². The van der Waals surface area contributed by atoms with Crippen LogP contribution in [0.1, 0.15) is 33.0 Å². The van der Waals surface area contributed by atoms with Gasteiger partial charge in [-0.1, -0.05) is 72.1 Å². The standard InChI is InChI=1S/C30H24O5S2/c1-34-23-12-4-6-15-27(23)36-25-14-5-3-9-20(25)28(30(32)33)18-10-8-16-26-21(18)17-22(31)19-11-7-13-24(35-2)29(19)37-26/h3-16,28H,17H2,1-2H3,(H,32,33). The molecule has 1 atom stereocenters. The number of hydrogen-bond donors (Lipinski definition) is 1. The molecule has 0 bridgehead atoms. The van der Waals surface area contributed by atoms with Crippen molar-refractivity contribution in [3.63, 3.8) is 0 Å². The molecule has 1 aliphatic heterocycles. The predicted octanol–water partition coefficient (Wildman–Crippen LogP) is 6.96. The average molecular weight is 529 g/mol. The van der Waals surface area contributed by atoms with E-state index in [2.05, 4.69) is 0 Å².